The van der Waals surface area contributed by atoms with Gasteiger partial charge in [-0.1, -0.05) is 18.2 Å². The molecule has 0 unspecified atom stereocenters. The van der Waals surface area contributed by atoms with Gasteiger partial charge in [0.15, 0.2) is 11.4 Å². The van der Waals surface area contributed by atoms with Crippen molar-refractivity contribution in [3.63, 3.8) is 0 Å². The van der Waals surface area contributed by atoms with Crippen LogP contribution in [0.25, 0.3) is 0 Å². The molecule has 0 atom stereocenters. The van der Waals surface area contributed by atoms with Crippen LogP contribution in [0.3, 0.4) is 0 Å². The van der Waals surface area contributed by atoms with Crippen molar-refractivity contribution in [2.45, 2.75) is 24.9 Å². The van der Waals surface area contributed by atoms with Crippen molar-refractivity contribution < 1.29 is 18.3 Å². The van der Waals surface area contributed by atoms with Gasteiger partial charge in [-0.3, -0.25) is 0 Å². The molecule has 0 aliphatic heterocycles. The van der Waals surface area contributed by atoms with Gasteiger partial charge in [0.1, 0.15) is 5.82 Å². The molecule has 0 saturated heterocycles. The molecular formula is C14H11F3N4O. The van der Waals surface area contributed by atoms with E-state index in [9.17, 15) is 18.3 Å². The largest absolute Gasteiger partial charge is 0.492 e. The molecule has 114 valence electrons. The first-order chi connectivity index (χ1) is 10.4. The molecule has 0 spiro atoms. The first-order valence-corrected chi connectivity index (χ1v) is 6.60. The number of halogens is 3. The minimum absolute atomic E-state index is 0.00323. The van der Waals surface area contributed by atoms with E-state index in [1.807, 2.05) is 0 Å². The minimum Gasteiger partial charge on any atom is -0.492 e. The Kier molecular flexibility index (Phi) is 3.51. The van der Waals surface area contributed by atoms with E-state index in [0.29, 0.717) is 5.69 Å². The lowest BCUT2D eigenvalue weighted by Crippen LogP contribution is -2.11. The summed E-state index contributed by atoms with van der Waals surface area (Å²) < 4.78 is 39.3. The Bertz CT molecular complexity index is 712. The summed E-state index contributed by atoms with van der Waals surface area (Å²) in [5.41, 5.74) is -1.66. The average Bonchev–Trinajstić information content (AvgIpc) is 3.30. The van der Waals surface area contributed by atoms with Gasteiger partial charge in [0.25, 0.3) is 0 Å². The number of nitrogens with zero attached hydrogens (tertiary/aromatic N) is 4. The van der Waals surface area contributed by atoms with E-state index in [1.165, 1.54) is 0 Å². The zero-order chi connectivity index (χ0) is 15.7. The first-order valence-electron chi connectivity index (χ1n) is 6.60. The van der Waals surface area contributed by atoms with Crippen LogP contribution in [-0.2, 0) is 6.18 Å². The van der Waals surface area contributed by atoms with E-state index in [2.05, 4.69) is 20.2 Å². The Morgan fingerprint density at radius 2 is 1.73 bits per heavy atom. The van der Waals surface area contributed by atoms with Crippen LogP contribution in [0.1, 0.15) is 30.3 Å². The third-order valence-corrected chi connectivity index (χ3v) is 3.12. The molecule has 1 heterocycles. The molecule has 1 aliphatic rings. The Morgan fingerprint density at radius 3 is 2.32 bits per heavy atom. The van der Waals surface area contributed by atoms with Gasteiger partial charge in [0.2, 0.25) is 5.88 Å². The molecule has 1 fully saturated rings. The number of rotatable bonds is 3. The second-order valence-electron chi connectivity index (χ2n) is 4.91. The molecule has 1 saturated carbocycles. The van der Waals surface area contributed by atoms with E-state index in [1.54, 1.807) is 30.3 Å². The van der Waals surface area contributed by atoms with E-state index in [4.69, 9.17) is 0 Å². The molecule has 1 N–H and O–H groups in total. The first kappa shape index (κ1) is 14.4. The zero-order valence-corrected chi connectivity index (χ0v) is 11.2. The van der Waals surface area contributed by atoms with Crippen LogP contribution < -0.4 is 0 Å². The second-order valence-corrected chi connectivity index (χ2v) is 4.91. The van der Waals surface area contributed by atoms with Crippen LogP contribution in [0.5, 0.6) is 5.88 Å². The summed E-state index contributed by atoms with van der Waals surface area (Å²) in [5, 5.41) is 17.0. The SMILES string of the molecule is Oc1nc(C2CC2)nc(C(F)(F)F)c1/N=N/c1ccccc1. The fourth-order valence-corrected chi connectivity index (χ4v) is 1.88. The summed E-state index contributed by atoms with van der Waals surface area (Å²) in [5.74, 6) is -0.917. The number of hydrogen-bond acceptors (Lipinski definition) is 5. The molecular weight excluding hydrogens is 297 g/mol. The van der Waals surface area contributed by atoms with Crippen LogP contribution in [0, 0.1) is 0 Å². The maximum absolute atomic E-state index is 13.1. The highest BCUT2D eigenvalue weighted by atomic mass is 19.4. The van der Waals surface area contributed by atoms with Crippen LogP contribution in [0.2, 0.25) is 0 Å². The highest BCUT2D eigenvalue weighted by Crippen LogP contribution is 2.44. The van der Waals surface area contributed by atoms with Crippen LogP contribution in [-0.4, -0.2) is 15.1 Å². The maximum Gasteiger partial charge on any atom is 0.435 e. The molecule has 22 heavy (non-hydrogen) atoms. The molecule has 5 nitrogen and oxygen atoms in total. The number of aromatic nitrogens is 2. The van der Waals surface area contributed by atoms with Gasteiger partial charge < -0.3 is 5.11 Å². The summed E-state index contributed by atoms with van der Waals surface area (Å²) in [6.07, 6.45) is -3.29. The van der Waals surface area contributed by atoms with Gasteiger partial charge in [0.05, 0.1) is 5.69 Å². The van der Waals surface area contributed by atoms with E-state index in [-0.39, 0.29) is 11.7 Å². The summed E-state index contributed by atoms with van der Waals surface area (Å²) in [4.78, 5) is 7.24. The number of aromatic hydroxyl groups is 1. The average molecular weight is 308 g/mol. The summed E-state index contributed by atoms with van der Waals surface area (Å²) >= 11 is 0. The van der Waals surface area contributed by atoms with E-state index < -0.39 is 23.4 Å². The van der Waals surface area contributed by atoms with Crippen molar-refractivity contribution in [3.8, 4) is 5.88 Å². The predicted octanol–water partition coefficient (Wildman–Crippen LogP) is 4.49. The Hall–Kier alpha value is -2.51. The molecule has 0 bridgehead atoms. The number of hydrogen-bond donors (Lipinski definition) is 1. The van der Waals surface area contributed by atoms with Crippen molar-refractivity contribution in [1.29, 1.82) is 0 Å². The molecule has 1 aromatic heterocycles. The second kappa shape index (κ2) is 5.36. The van der Waals surface area contributed by atoms with Gasteiger partial charge in [0, 0.05) is 5.92 Å². The maximum atomic E-state index is 13.1. The fraction of sp³-hybridized carbons (Fsp3) is 0.286. The highest BCUT2D eigenvalue weighted by Gasteiger charge is 2.40. The molecule has 1 aromatic carbocycles. The normalized spacial score (nSPS) is 15.4. The molecule has 2 aromatic rings. The van der Waals surface area contributed by atoms with E-state index in [0.717, 1.165) is 12.8 Å². The third-order valence-electron chi connectivity index (χ3n) is 3.12. The van der Waals surface area contributed by atoms with Crippen molar-refractivity contribution in [2.24, 2.45) is 10.2 Å². The quantitative estimate of drug-likeness (QED) is 0.849. The Balaban J connectivity index is 2.04. The monoisotopic (exact) mass is 308 g/mol. The fourth-order valence-electron chi connectivity index (χ4n) is 1.88. The van der Waals surface area contributed by atoms with Crippen LogP contribution in [0.15, 0.2) is 40.6 Å². The van der Waals surface area contributed by atoms with Crippen molar-refractivity contribution in [2.75, 3.05) is 0 Å². The summed E-state index contributed by atoms with van der Waals surface area (Å²) in [6, 6.07) is 8.24. The summed E-state index contributed by atoms with van der Waals surface area (Å²) in [7, 11) is 0. The highest BCUT2D eigenvalue weighted by molar-refractivity contribution is 5.52. The third kappa shape index (κ3) is 3.05. The number of alkyl halides is 3. The van der Waals surface area contributed by atoms with Crippen molar-refractivity contribution in [3.05, 3.63) is 41.9 Å². The van der Waals surface area contributed by atoms with Gasteiger partial charge in [-0.25, -0.2) is 4.98 Å². The number of benzene rings is 1. The predicted molar refractivity (Wildman–Crippen MR) is 71.3 cm³/mol. The van der Waals surface area contributed by atoms with Crippen molar-refractivity contribution in [1.82, 2.24) is 9.97 Å². The topological polar surface area (TPSA) is 70.7 Å². The molecule has 3 rings (SSSR count). The van der Waals surface area contributed by atoms with Crippen LogP contribution >= 0.6 is 0 Å². The molecule has 0 radical (unpaired) electrons. The van der Waals surface area contributed by atoms with Gasteiger partial charge in [-0.05, 0) is 25.0 Å². The standard InChI is InChI=1S/C14H11F3N4O/c15-14(16,17)11-10(21-20-9-4-2-1-3-5-9)13(22)19-12(18-11)8-6-7-8/h1-5,8H,6-7H2,(H,18,19,22)/b21-20+. The van der Waals surface area contributed by atoms with Gasteiger partial charge in [-0.2, -0.15) is 23.3 Å². The summed E-state index contributed by atoms with van der Waals surface area (Å²) in [6.45, 7) is 0. The Morgan fingerprint density at radius 1 is 1.05 bits per heavy atom. The van der Waals surface area contributed by atoms with Crippen LogP contribution in [0.4, 0.5) is 24.5 Å². The Labute approximate surface area is 123 Å². The minimum atomic E-state index is -4.74. The lowest BCUT2D eigenvalue weighted by atomic mass is 10.3. The molecule has 1 aliphatic carbocycles. The smallest absolute Gasteiger partial charge is 0.435 e. The van der Waals surface area contributed by atoms with Gasteiger partial charge in [-0.15, -0.1) is 5.11 Å². The molecule has 0 amide bonds. The number of azo groups is 1. The van der Waals surface area contributed by atoms with Crippen molar-refractivity contribution >= 4 is 11.4 Å². The lowest BCUT2D eigenvalue weighted by molar-refractivity contribution is -0.140. The van der Waals surface area contributed by atoms with E-state index >= 15 is 0 Å². The molecule has 8 heteroatoms. The lowest BCUT2D eigenvalue weighted by Gasteiger charge is -2.10. The van der Waals surface area contributed by atoms with Gasteiger partial charge >= 0.3 is 6.18 Å². The zero-order valence-electron chi connectivity index (χ0n) is 11.2.